The quantitative estimate of drug-likeness (QED) is 0.771. The number of hydrogen-bond acceptors (Lipinski definition) is 2. The van der Waals surface area contributed by atoms with Gasteiger partial charge in [0.15, 0.2) is 0 Å². The van der Waals surface area contributed by atoms with E-state index in [1.54, 1.807) is 12.1 Å². The number of hydrogen-bond donors (Lipinski definition) is 1. The maximum atomic E-state index is 11.8. The van der Waals surface area contributed by atoms with E-state index in [0.717, 1.165) is 0 Å². The van der Waals surface area contributed by atoms with Gasteiger partial charge in [-0.15, -0.1) is 6.42 Å². The van der Waals surface area contributed by atoms with Crippen molar-refractivity contribution >= 4 is 11.9 Å². The Hall–Kier alpha value is -2.28. The lowest BCUT2D eigenvalue weighted by Crippen LogP contribution is -2.28. The van der Waals surface area contributed by atoms with Crippen LogP contribution in [0.25, 0.3) is 0 Å². The molecule has 1 aromatic carbocycles. The van der Waals surface area contributed by atoms with Crippen LogP contribution in [0.15, 0.2) is 24.3 Å². The molecule has 16 heavy (non-hydrogen) atoms. The van der Waals surface area contributed by atoms with Gasteiger partial charge in [0, 0.05) is 7.05 Å². The molecule has 0 bridgehead atoms. The molecule has 0 radical (unpaired) electrons. The fourth-order valence-electron chi connectivity index (χ4n) is 1.27. The Morgan fingerprint density at radius 1 is 1.38 bits per heavy atom. The van der Waals surface area contributed by atoms with Crippen LogP contribution < -0.4 is 0 Å². The minimum Gasteiger partial charge on any atom is -0.478 e. The van der Waals surface area contributed by atoms with Crippen molar-refractivity contribution in [2.24, 2.45) is 0 Å². The number of carboxylic acid groups (broad SMARTS) is 1. The topological polar surface area (TPSA) is 57.6 Å². The average Bonchev–Trinajstić information content (AvgIpc) is 2.28. The van der Waals surface area contributed by atoms with Gasteiger partial charge in [-0.05, 0) is 12.1 Å². The second-order valence-corrected chi connectivity index (χ2v) is 3.22. The van der Waals surface area contributed by atoms with Gasteiger partial charge >= 0.3 is 5.97 Å². The first-order chi connectivity index (χ1) is 7.57. The van der Waals surface area contributed by atoms with Crippen molar-refractivity contribution in [3.63, 3.8) is 0 Å². The lowest BCUT2D eigenvalue weighted by atomic mass is 10.1. The Balaban J connectivity index is 3.09. The Bertz CT molecular complexity index is 460. The third-order valence-corrected chi connectivity index (χ3v) is 2.06. The van der Waals surface area contributed by atoms with E-state index in [1.165, 1.54) is 24.1 Å². The molecule has 0 fully saturated rings. The largest absolute Gasteiger partial charge is 0.478 e. The zero-order valence-corrected chi connectivity index (χ0v) is 8.80. The summed E-state index contributed by atoms with van der Waals surface area (Å²) in [5.41, 5.74) is 0.129. The molecule has 0 aliphatic carbocycles. The summed E-state index contributed by atoms with van der Waals surface area (Å²) in [5, 5.41) is 8.92. The number of carbonyl (C=O) groups excluding carboxylic acids is 1. The Labute approximate surface area is 93.5 Å². The van der Waals surface area contributed by atoms with Crippen molar-refractivity contribution in [2.75, 3.05) is 13.6 Å². The molecular formula is C12H11NO3. The maximum Gasteiger partial charge on any atom is 0.336 e. The van der Waals surface area contributed by atoms with Crippen LogP contribution in [-0.2, 0) is 0 Å². The Kier molecular flexibility index (Phi) is 3.67. The lowest BCUT2D eigenvalue weighted by molar-refractivity contribution is 0.0683. The molecule has 1 rings (SSSR count). The molecule has 0 saturated carbocycles. The summed E-state index contributed by atoms with van der Waals surface area (Å²) in [6.07, 6.45) is 5.08. The predicted molar refractivity (Wildman–Crippen MR) is 59.2 cm³/mol. The van der Waals surface area contributed by atoms with Gasteiger partial charge in [-0.1, -0.05) is 18.1 Å². The number of rotatable bonds is 3. The van der Waals surface area contributed by atoms with E-state index >= 15 is 0 Å². The molecule has 0 saturated heterocycles. The van der Waals surface area contributed by atoms with Crippen LogP contribution in [-0.4, -0.2) is 35.5 Å². The van der Waals surface area contributed by atoms with Gasteiger partial charge in [-0.3, -0.25) is 4.79 Å². The number of terminal acetylenes is 1. The van der Waals surface area contributed by atoms with Crippen LogP contribution in [0.5, 0.6) is 0 Å². The van der Waals surface area contributed by atoms with E-state index in [9.17, 15) is 9.59 Å². The van der Waals surface area contributed by atoms with Crippen LogP contribution in [0.3, 0.4) is 0 Å². The molecule has 0 aromatic heterocycles. The summed E-state index contributed by atoms with van der Waals surface area (Å²) in [5.74, 6) is 0.805. The van der Waals surface area contributed by atoms with Crippen LogP contribution in [0.4, 0.5) is 0 Å². The van der Waals surface area contributed by atoms with Gasteiger partial charge in [0.2, 0.25) is 0 Å². The summed E-state index contributed by atoms with van der Waals surface area (Å²) < 4.78 is 0. The van der Waals surface area contributed by atoms with E-state index in [2.05, 4.69) is 5.92 Å². The van der Waals surface area contributed by atoms with Gasteiger partial charge in [-0.25, -0.2) is 4.79 Å². The van der Waals surface area contributed by atoms with Crippen molar-refractivity contribution in [3.8, 4) is 12.3 Å². The van der Waals surface area contributed by atoms with Crippen molar-refractivity contribution in [2.45, 2.75) is 0 Å². The second kappa shape index (κ2) is 4.99. The SMILES string of the molecule is C#CCN(C)C(=O)c1ccccc1C(=O)O. The first-order valence-corrected chi connectivity index (χ1v) is 4.59. The molecule has 0 aliphatic heterocycles. The summed E-state index contributed by atoms with van der Waals surface area (Å²) in [6.45, 7) is 0.146. The van der Waals surface area contributed by atoms with Crippen molar-refractivity contribution in [1.82, 2.24) is 4.90 Å². The standard InChI is InChI=1S/C12H11NO3/c1-3-8-13(2)11(14)9-6-4-5-7-10(9)12(15)16/h1,4-7H,8H2,2H3,(H,15,16). The van der Waals surface area contributed by atoms with Crippen LogP contribution in [0.2, 0.25) is 0 Å². The highest BCUT2D eigenvalue weighted by molar-refractivity contribution is 6.04. The molecule has 1 aromatic rings. The predicted octanol–water partition coefficient (Wildman–Crippen LogP) is 1.09. The third-order valence-electron chi connectivity index (χ3n) is 2.06. The van der Waals surface area contributed by atoms with E-state index in [4.69, 9.17) is 11.5 Å². The summed E-state index contributed by atoms with van der Waals surface area (Å²) in [6, 6.07) is 6.04. The fourth-order valence-corrected chi connectivity index (χ4v) is 1.27. The maximum absolute atomic E-state index is 11.8. The molecule has 0 aliphatic rings. The van der Waals surface area contributed by atoms with E-state index in [1.807, 2.05) is 0 Å². The minimum atomic E-state index is -1.13. The molecule has 0 spiro atoms. The van der Waals surface area contributed by atoms with Crippen molar-refractivity contribution < 1.29 is 14.7 Å². The molecule has 4 nitrogen and oxygen atoms in total. The molecule has 0 unspecified atom stereocenters. The van der Waals surface area contributed by atoms with Crippen molar-refractivity contribution in [1.29, 1.82) is 0 Å². The molecule has 4 heteroatoms. The first-order valence-electron chi connectivity index (χ1n) is 4.59. The average molecular weight is 217 g/mol. The lowest BCUT2D eigenvalue weighted by Gasteiger charge is -2.14. The summed E-state index contributed by atoms with van der Waals surface area (Å²) in [7, 11) is 1.53. The molecule has 1 amide bonds. The van der Waals surface area contributed by atoms with Gasteiger partial charge in [0.25, 0.3) is 5.91 Å². The monoisotopic (exact) mass is 217 g/mol. The van der Waals surface area contributed by atoms with Gasteiger partial charge in [-0.2, -0.15) is 0 Å². The summed E-state index contributed by atoms with van der Waals surface area (Å²) in [4.78, 5) is 24.0. The normalized spacial score (nSPS) is 9.25. The van der Waals surface area contributed by atoms with Gasteiger partial charge in [0.05, 0.1) is 17.7 Å². The molecule has 1 N–H and O–H groups in total. The number of carbonyl (C=O) groups is 2. The molecule has 0 atom stereocenters. The van der Waals surface area contributed by atoms with Crippen molar-refractivity contribution in [3.05, 3.63) is 35.4 Å². The molecule has 0 heterocycles. The zero-order chi connectivity index (χ0) is 12.1. The first kappa shape index (κ1) is 11.8. The number of carboxylic acids is 1. The second-order valence-electron chi connectivity index (χ2n) is 3.22. The third kappa shape index (κ3) is 2.39. The summed E-state index contributed by atoms with van der Waals surface area (Å²) >= 11 is 0. The van der Waals surface area contributed by atoms with E-state index < -0.39 is 11.9 Å². The van der Waals surface area contributed by atoms with Crippen LogP contribution >= 0.6 is 0 Å². The zero-order valence-electron chi connectivity index (χ0n) is 8.80. The highest BCUT2D eigenvalue weighted by Crippen LogP contribution is 2.10. The number of benzene rings is 1. The molecule has 82 valence electrons. The van der Waals surface area contributed by atoms with Crippen LogP contribution in [0, 0.1) is 12.3 Å². The Morgan fingerprint density at radius 2 is 1.94 bits per heavy atom. The van der Waals surface area contributed by atoms with Gasteiger partial charge < -0.3 is 10.0 Å². The smallest absolute Gasteiger partial charge is 0.336 e. The number of aromatic carboxylic acids is 1. The van der Waals surface area contributed by atoms with E-state index in [0.29, 0.717) is 0 Å². The highest BCUT2D eigenvalue weighted by atomic mass is 16.4. The highest BCUT2D eigenvalue weighted by Gasteiger charge is 2.18. The minimum absolute atomic E-state index is 0.0172. The Morgan fingerprint density at radius 3 is 2.44 bits per heavy atom. The van der Waals surface area contributed by atoms with Crippen LogP contribution in [0.1, 0.15) is 20.7 Å². The van der Waals surface area contributed by atoms with E-state index in [-0.39, 0.29) is 17.7 Å². The fraction of sp³-hybridized carbons (Fsp3) is 0.167. The number of amides is 1. The number of nitrogens with zero attached hydrogens (tertiary/aromatic N) is 1. The van der Waals surface area contributed by atoms with Gasteiger partial charge in [0.1, 0.15) is 0 Å². The molecular weight excluding hydrogens is 206 g/mol.